The molecule has 1 unspecified atom stereocenters. The standard InChI is InChI=1S/C16H15F2N3O/c17-12-3-1-4-13(15(12)18)20-16(22)21-10-2-5-14(21)11-6-8-19-9-7-11/h1,3-4,6-9,14H,2,5,10H2,(H,20,22). The summed E-state index contributed by atoms with van der Waals surface area (Å²) < 4.78 is 26.9. The maximum absolute atomic E-state index is 13.7. The molecule has 1 aliphatic rings. The Kier molecular flexibility index (Phi) is 4.00. The van der Waals surface area contributed by atoms with Crippen molar-refractivity contribution < 1.29 is 13.6 Å². The van der Waals surface area contributed by atoms with Gasteiger partial charge in [0.1, 0.15) is 0 Å². The molecule has 22 heavy (non-hydrogen) atoms. The highest BCUT2D eigenvalue weighted by Crippen LogP contribution is 2.32. The molecule has 2 amide bonds. The molecule has 0 saturated carbocycles. The number of hydrogen-bond acceptors (Lipinski definition) is 2. The van der Waals surface area contributed by atoms with Crippen molar-refractivity contribution in [2.75, 3.05) is 11.9 Å². The summed E-state index contributed by atoms with van der Waals surface area (Å²) in [6.07, 6.45) is 5.06. The van der Waals surface area contributed by atoms with E-state index in [0.29, 0.717) is 6.54 Å². The first-order valence-electron chi connectivity index (χ1n) is 7.08. The number of amides is 2. The van der Waals surface area contributed by atoms with E-state index < -0.39 is 17.7 Å². The van der Waals surface area contributed by atoms with Crippen LogP contribution >= 0.6 is 0 Å². The number of rotatable bonds is 2. The number of urea groups is 1. The molecular formula is C16H15F2N3O. The van der Waals surface area contributed by atoms with Crippen LogP contribution in [0.3, 0.4) is 0 Å². The van der Waals surface area contributed by atoms with Crippen molar-refractivity contribution >= 4 is 11.7 Å². The lowest BCUT2D eigenvalue weighted by molar-refractivity contribution is 0.207. The number of carbonyl (C=O) groups excluding carboxylic acids is 1. The second-order valence-corrected chi connectivity index (χ2v) is 5.16. The largest absolute Gasteiger partial charge is 0.322 e. The number of aromatic nitrogens is 1. The molecule has 114 valence electrons. The Labute approximate surface area is 126 Å². The number of carbonyl (C=O) groups is 1. The number of pyridine rings is 1. The molecule has 0 bridgehead atoms. The van der Waals surface area contributed by atoms with Gasteiger partial charge in [0.05, 0.1) is 11.7 Å². The Hall–Kier alpha value is -2.50. The molecule has 1 N–H and O–H groups in total. The minimum atomic E-state index is -1.05. The average molecular weight is 303 g/mol. The molecule has 1 fully saturated rings. The van der Waals surface area contributed by atoms with E-state index in [0.717, 1.165) is 24.5 Å². The Morgan fingerprint density at radius 3 is 2.77 bits per heavy atom. The highest BCUT2D eigenvalue weighted by atomic mass is 19.2. The van der Waals surface area contributed by atoms with Crippen LogP contribution in [0, 0.1) is 11.6 Å². The quantitative estimate of drug-likeness (QED) is 0.919. The number of halogens is 2. The molecule has 2 aromatic rings. The van der Waals surface area contributed by atoms with E-state index in [9.17, 15) is 13.6 Å². The Balaban J connectivity index is 1.78. The van der Waals surface area contributed by atoms with Gasteiger partial charge in [-0.2, -0.15) is 0 Å². The van der Waals surface area contributed by atoms with Gasteiger partial charge in [0, 0.05) is 18.9 Å². The highest BCUT2D eigenvalue weighted by Gasteiger charge is 2.30. The number of nitrogens with one attached hydrogen (secondary N) is 1. The lowest BCUT2D eigenvalue weighted by atomic mass is 10.1. The van der Waals surface area contributed by atoms with Gasteiger partial charge >= 0.3 is 6.03 Å². The van der Waals surface area contributed by atoms with Crippen LogP contribution in [0.5, 0.6) is 0 Å². The fraction of sp³-hybridized carbons (Fsp3) is 0.250. The van der Waals surface area contributed by atoms with Crippen molar-refractivity contribution in [1.29, 1.82) is 0 Å². The van der Waals surface area contributed by atoms with Crippen LogP contribution in [0.2, 0.25) is 0 Å². The van der Waals surface area contributed by atoms with Crippen LogP contribution in [-0.2, 0) is 0 Å². The van der Waals surface area contributed by atoms with Gasteiger partial charge in [-0.15, -0.1) is 0 Å². The SMILES string of the molecule is O=C(Nc1cccc(F)c1F)N1CCCC1c1ccncc1. The third-order valence-corrected chi connectivity index (χ3v) is 3.80. The molecule has 0 spiro atoms. The van der Waals surface area contributed by atoms with Crippen molar-refractivity contribution in [2.24, 2.45) is 0 Å². The maximum atomic E-state index is 13.7. The van der Waals surface area contributed by atoms with Crippen LogP contribution in [0.15, 0.2) is 42.7 Å². The molecule has 1 aromatic heterocycles. The van der Waals surface area contributed by atoms with Crippen LogP contribution in [-0.4, -0.2) is 22.5 Å². The Morgan fingerprint density at radius 2 is 2.00 bits per heavy atom. The number of nitrogens with zero attached hydrogens (tertiary/aromatic N) is 2. The maximum Gasteiger partial charge on any atom is 0.322 e. The van der Waals surface area contributed by atoms with Crippen LogP contribution in [0.4, 0.5) is 19.3 Å². The molecule has 0 aliphatic carbocycles. The number of likely N-dealkylation sites (tertiary alicyclic amines) is 1. The normalized spacial score (nSPS) is 17.5. The van der Waals surface area contributed by atoms with E-state index in [4.69, 9.17) is 0 Å². The summed E-state index contributed by atoms with van der Waals surface area (Å²) >= 11 is 0. The lowest BCUT2D eigenvalue weighted by Gasteiger charge is -2.25. The van der Waals surface area contributed by atoms with Crippen LogP contribution < -0.4 is 5.32 Å². The highest BCUT2D eigenvalue weighted by molar-refractivity contribution is 5.90. The molecule has 6 heteroatoms. The summed E-state index contributed by atoms with van der Waals surface area (Å²) in [5, 5.41) is 2.45. The van der Waals surface area contributed by atoms with Crippen molar-refractivity contribution in [3.8, 4) is 0 Å². The van der Waals surface area contributed by atoms with Crippen molar-refractivity contribution in [1.82, 2.24) is 9.88 Å². The van der Waals surface area contributed by atoms with Gasteiger partial charge in [0.25, 0.3) is 0 Å². The summed E-state index contributed by atoms with van der Waals surface area (Å²) in [5.74, 6) is -2.03. The molecule has 1 aromatic carbocycles. The van der Waals surface area contributed by atoms with E-state index in [1.165, 1.54) is 12.1 Å². The van der Waals surface area contributed by atoms with Gasteiger partial charge in [-0.25, -0.2) is 13.6 Å². The minimum absolute atomic E-state index is 0.0698. The van der Waals surface area contributed by atoms with E-state index in [-0.39, 0.29) is 11.7 Å². The molecule has 1 aliphatic heterocycles. The summed E-state index contributed by atoms with van der Waals surface area (Å²) in [6.45, 7) is 0.579. The monoisotopic (exact) mass is 303 g/mol. The molecule has 2 heterocycles. The first-order chi connectivity index (χ1) is 10.7. The first-order valence-corrected chi connectivity index (χ1v) is 7.08. The van der Waals surface area contributed by atoms with Crippen molar-refractivity contribution in [3.05, 3.63) is 59.9 Å². The van der Waals surface area contributed by atoms with E-state index >= 15 is 0 Å². The van der Waals surface area contributed by atoms with E-state index in [2.05, 4.69) is 10.3 Å². The lowest BCUT2D eigenvalue weighted by Crippen LogP contribution is -2.34. The van der Waals surface area contributed by atoms with Crippen LogP contribution in [0.1, 0.15) is 24.4 Å². The minimum Gasteiger partial charge on any atom is -0.317 e. The van der Waals surface area contributed by atoms with Gasteiger partial charge in [0.15, 0.2) is 11.6 Å². The summed E-state index contributed by atoms with van der Waals surface area (Å²) in [5.41, 5.74) is 0.841. The first kappa shape index (κ1) is 14.4. The number of anilines is 1. The third kappa shape index (κ3) is 2.77. The molecular weight excluding hydrogens is 288 g/mol. The summed E-state index contributed by atoms with van der Waals surface area (Å²) in [7, 11) is 0. The van der Waals surface area contributed by atoms with Crippen molar-refractivity contribution in [3.63, 3.8) is 0 Å². The third-order valence-electron chi connectivity index (χ3n) is 3.80. The zero-order valence-electron chi connectivity index (χ0n) is 11.8. The fourth-order valence-electron chi connectivity index (χ4n) is 2.73. The molecule has 1 saturated heterocycles. The Morgan fingerprint density at radius 1 is 1.23 bits per heavy atom. The average Bonchev–Trinajstić information content (AvgIpc) is 3.02. The summed E-state index contributed by atoms with van der Waals surface area (Å²) in [4.78, 5) is 18.0. The zero-order valence-corrected chi connectivity index (χ0v) is 11.8. The van der Waals surface area contributed by atoms with Gasteiger partial charge < -0.3 is 10.2 Å². The second-order valence-electron chi connectivity index (χ2n) is 5.16. The second kappa shape index (κ2) is 6.09. The van der Waals surface area contributed by atoms with E-state index in [1.54, 1.807) is 17.3 Å². The number of benzene rings is 1. The van der Waals surface area contributed by atoms with E-state index in [1.807, 2.05) is 12.1 Å². The predicted octanol–water partition coefficient (Wildman–Crippen LogP) is 3.73. The van der Waals surface area contributed by atoms with Crippen LogP contribution in [0.25, 0.3) is 0 Å². The smallest absolute Gasteiger partial charge is 0.317 e. The van der Waals surface area contributed by atoms with Gasteiger partial charge in [-0.3, -0.25) is 4.98 Å². The topological polar surface area (TPSA) is 45.2 Å². The fourth-order valence-corrected chi connectivity index (χ4v) is 2.73. The number of hydrogen-bond donors (Lipinski definition) is 1. The zero-order chi connectivity index (χ0) is 15.5. The molecule has 1 atom stereocenters. The Bertz CT molecular complexity index is 678. The van der Waals surface area contributed by atoms with Gasteiger partial charge in [0.2, 0.25) is 0 Å². The van der Waals surface area contributed by atoms with Gasteiger partial charge in [-0.05, 0) is 42.7 Å². The predicted molar refractivity (Wildman–Crippen MR) is 78.3 cm³/mol. The molecule has 0 radical (unpaired) electrons. The van der Waals surface area contributed by atoms with Crippen molar-refractivity contribution in [2.45, 2.75) is 18.9 Å². The summed E-state index contributed by atoms with van der Waals surface area (Å²) in [6, 6.07) is 6.94. The van der Waals surface area contributed by atoms with Gasteiger partial charge in [-0.1, -0.05) is 6.07 Å². The molecule has 4 nitrogen and oxygen atoms in total. The molecule has 3 rings (SSSR count).